The maximum Gasteiger partial charge on any atom is 0.244 e. The Bertz CT molecular complexity index is 1070. The fraction of sp³-hybridized carbons (Fsp3) is 0.111. The smallest absolute Gasteiger partial charge is 0.244 e. The lowest BCUT2D eigenvalue weighted by molar-refractivity contribution is -0.116. The molecule has 122 valence electrons. The Morgan fingerprint density at radius 3 is 2.84 bits per heavy atom. The van der Waals surface area contributed by atoms with Gasteiger partial charge in [-0.1, -0.05) is 18.4 Å². The van der Waals surface area contributed by atoms with Gasteiger partial charge in [0.2, 0.25) is 5.91 Å². The molecule has 3 heterocycles. The van der Waals surface area contributed by atoms with Crippen LogP contribution in [0.2, 0.25) is 0 Å². The minimum Gasteiger partial charge on any atom is -0.342 e. The van der Waals surface area contributed by atoms with Gasteiger partial charge in [0.25, 0.3) is 0 Å². The number of amides is 1. The minimum absolute atomic E-state index is 0.185. The lowest BCUT2D eigenvalue weighted by Gasteiger charge is -2.03. The summed E-state index contributed by atoms with van der Waals surface area (Å²) >= 11 is 0. The van der Waals surface area contributed by atoms with Crippen molar-refractivity contribution in [1.82, 2.24) is 24.7 Å². The van der Waals surface area contributed by atoms with Gasteiger partial charge >= 0.3 is 0 Å². The first-order valence-corrected chi connectivity index (χ1v) is 7.42. The molecule has 0 aliphatic carbocycles. The van der Waals surface area contributed by atoms with Crippen LogP contribution in [0.25, 0.3) is 16.6 Å². The zero-order valence-electron chi connectivity index (χ0n) is 13.5. The fourth-order valence-electron chi connectivity index (χ4n) is 2.37. The summed E-state index contributed by atoms with van der Waals surface area (Å²) in [6, 6.07) is 4.01. The molecule has 3 aromatic heterocycles. The van der Waals surface area contributed by atoms with E-state index in [1.165, 1.54) is 12.3 Å². The third kappa shape index (κ3) is 3.26. The molecule has 25 heavy (non-hydrogen) atoms. The highest BCUT2D eigenvalue weighted by Gasteiger charge is 2.11. The summed E-state index contributed by atoms with van der Waals surface area (Å²) < 4.78 is 3.34. The van der Waals surface area contributed by atoms with Gasteiger partial charge in [-0.05, 0) is 12.1 Å². The van der Waals surface area contributed by atoms with Crippen LogP contribution in [-0.4, -0.2) is 31.8 Å². The average Bonchev–Trinajstić information content (AvgIpc) is 3.24. The van der Waals surface area contributed by atoms with E-state index in [1.807, 2.05) is 25.5 Å². The van der Waals surface area contributed by atoms with Gasteiger partial charge in [-0.15, -0.1) is 0 Å². The van der Waals surface area contributed by atoms with Crippen LogP contribution in [0, 0.1) is 23.2 Å². The van der Waals surface area contributed by atoms with Crippen molar-refractivity contribution >= 4 is 11.4 Å². The molecule has 0 aliphatic heterocycles. The van der Waals surface area contributed by atoms with Crippen LogP contribution < -0.4 is 5.32 Å². The Hall–Kier alpha value is -3.84. The van der Waals surface area contributed by atoms with Gasteiger partial charge in [0.1, 0.15) is 6.07 Å². The molecule has 0 radical (unpaired) electrons. The quantitative estimate of drug-likeness (QED) is 0.578. The third-order valence-electron chi connectivity index (χ3n) is 3.53. The number of hydrogen-bond acceptors (Lipinski definition) is 4. The molecule has 3 rings (SSSR count). The normalized spacial score (nSPS) is 9.92. The van der Waals surface area contributed by atoms with Gasteiger partial charge in [-0.25, -0.2) is 4.52 Å². The predicted molar refractivity (Wildman–Crippen MR) is 92.2 cm³/mol. The van der Waals surface area contributed by atoms with Crippen molar-refractivity contribution in [3.05, 3.63) is 54.6 Å². The number of nitrogens with one attached hydrogen (secondary N) is 1. The van der Waals surface area contributed by atoms with Crippen molar-refractivity contribution in [3.63, 3.8) is 0 Å². The first-order chi connectivity index (χ1) is 12.1. The van der Waals surface area contributed by atoms with E-state index in [0.29, 0.717) is 16.6 Å². The first kappa shape index (κ1) is 16.0. The molecule has 0 fully saturated rings. The lowest BCUT2D eigenvalue weighted by atomic mass is 10.1. The topological polar surface area (TPSA) is 88.0 Å². The monoisotopic (exact) mass is 330 g/mol. The molecule has 0 aromatic carbocycles. The number of nitrogens with zero attached hydrogens (tertiary/aromatic N) is 5. The molecule has 1 amide bonds. The molecule has 0 spiro atoms. The van der Waals surface area contributed by atoms with Crippen molar-refractivity contribution in [3.8, 4) is 29.0 Å². The highest BCUT2D eigenvalue weighted by Crippen LogP contribution is 2.24. The van der Waals surface area contributed by atoms with Gasteiger partial charge in [0, 0.05) is 30.6 Å². The average molecular weight is 330 g/mol. The van der Waals surface area contributed by atoms with Crippen LogP contribution >= 0.6 is 0 Å². The Kier molecular flexibility index (Phi) is 4.32. The Morgan fingerprint density at radius 2 is 2.16 bits per heavy atom. The molecule has 1 N–H and O–H groups in total. The molecular weight excluding hydrogens is 316 g/mol. The van der Waals surface area contributed by atoms with Gasteiger partial charge in [-0.3, -0.25) is 9.48 Å². The van der Waals surface area contributed by atoms with E-state index >= 15 is 0 Å². The van der Waals surface area contributed by atoms with Gasteiger partial charge in [-0.2, -0.15) is 15.5 Å². The second kappa shape index (κ2) is 6.73. The fourth-order valence-corrected chi connectivity index (χ4v) is 2.37. The predicted octanol–water partition coefficient (Wildman–Crippen LogP) is 1.26. The zero-order valence-corrected chi connectivity index (χ0v) is 13.5. The van der Waals surface area contributed by atoms with E-state index in [2.05, 4.69) is 40.0 Å². The number of carbonyl (C=O) groups is 1. The number of fused-ring (bicyclic) bond motifs is 1. The van der Waals surface area contributed by atoms with Crippen molar-refractivity contribution in [1.29, 1.82) is 5.26 Å². The molecule has 0 aliphatic rings. The number of nitriles is 1. The molecule has 0 saturated heterocycles. The lowest BCUT2D eigenvalue weighted by Crippen LogP contribution is -2.20. The third-order valence-corrected chi connectivity index (χ3v) is 3.53. The molecule has 0 unspecified atom stereocenters. The van der Waals surface area contributed by atoms with E-state index in [1.54, 1.807) is 15.4 Å². The van der Waals surface area contributed by atoms with E-state index in [-0.39, 0.29) is 12.5 Å². The number of aryl methyl sites for hydroxylation is 1. The molecule has 3 aromatic rings. The van der Waals surface area contributed by atoms with Crippen LogP contribution in [0.1, 0.15) is 11.1 Å². The molecule has 0 saturated carbocycles. The SMILES string of the molecule is C=CC(=O)NCC#Cc1cc(-c2cnn(C)c2)cn2ncc(C#N)c12. The van der Waals surface area contributed by atoms with Crippen molar-refractivity contribution in [2.24, 2.45) is 7.05 Å². The Morgan fingerprint density at radius 1 is 1.32 bits per heavy atom. The summed E-state index contributed by atoms with van der Waals surface area (Å²) in [6.07, 6.45) is 8.16. The van der Waals surface area contributed by atoms with Crippen molar-refractivity contribution < 1.29 is 4.79 Å². The van der Waals surface area contributed by atoms with Crippen LogP contribution in [0.5, 0.6) is 0 Å². The minimum atomic E-state index is -0.286. The van der Waals surface area contributed by atoms with Crippen molar-refractivity contribution in [2.75, 3.05) is 6.54 Å². The number of hydrogen-bond donors (Lipinski definition) is 1. The van der Waals surface area contributed by atoms with E-state index in [4.69, 9.17) is 0 Å². The van der Waals surface area contributed by atoms with Crippen LogP contribution in [0.4, 0.5) is 0 Å². The molecule has 0 atom stereocenters. The van der Waals surface area contributed by atoms with Crippen molar-refractivity contribution in [2.45, 2.75) is 0 Å². The summed E-state index contributed by atoms with van der Waals surface area (Å²) in [5, 5.41) is 20.3. The van der Waals surface area contributed by atoms with Gasteiger partial charge < -0.3 is 5.32 Å². The molecule has 7 heteroatoms. The largest absolute Gasteiger partial charge is 0.342 e. The number of carbonyl (C=O) groups excluding carboxylic acids is 1. The summed E-state index contributed by atoms with van der Waals surface area (Å²) in [4.78, 5) is 11.2. The highest BCUT2D eigenvalue weighted by molar-refractivity contribution is 5.87. The standard InChI is InChI=1S/C18H14N6O/c1-3-17(25)20-6-4-5-13-7-14(16-10-21-23(2)11-16)12-24-18(13)15(8-19)9-22-24/h3,7,9-12H,1,6H2,2H3,(H,20,25). The van der Waals surface area contributed by atoms with Crippen LogP contribution in [0.3, 0.4) is 0 Å². The molecule has 0 bridgehead atoms. The maximum absolute atomic E-state index is 11.2. The van der Waals surface area contributed by atoms with Crippen LogP contribution in [-0.2, 0) is 11.8 Å². The summed E-state index contributed by atoms with van der Waals surface area (Å²) in [7, 11) is 1.84. The summed E-state index contributed by atoms with van der Waals surface area (Å²) in [5.41, 5.74) is 3.53. The number of rotatable bonds is 3. The summed E-state index contributed by atoms with van der Waals surface area (Å²) in [6.45, 7) is 3.57. The maximum atomic E-state index is 11.2. The second-order valence-electron chi connectivity index (χ2n) is 5.23. The Labute approximate surface area is 144 Å². The van der Waals surface area contributed by atoms with E-state index < -0.39 is 0 Å². The first-order valence-electron chi connectivity index (χ1n) is 7.42. The highest BCUT2D eigenvalue weighted by atomic mass is 16.1. The Balaban J connectivity index is 2.06. The zero-order chi connectivity index (χ0) is 17.8. The van der Waals surface area contributed by atoms with Crippen LogP contribution in [0.15, 0.2) is 43.5 Å². The van der Waals surface area contributed by atoms with E-state index in [9.17, 15) is 10.1 Å². The number of aromatic nitrogens is 4. The van der Waals surface area contributed by atoms with Gasteiger partial charge in [0.15, 0.2) is 0 Å². The number of pyridine rings is 1. The van der Waals surface area contributed by atoms with E-state index in [0.717, 1.165) is 11.1 Å². The summed E-state index contributed by atoms with van der Waals surface area (Å²) in [5.74, 6) is 5.60. The molecular formula is C18H14N6O. The van der Waals surface area contributed by atoms with Gasteiger partial charge in [0.05, 0.1) is 35.6 Å². The second-order valence-corrected chi connectivity index (χ2v) is 5.23. The molecule has 7 nitrogen and oxygen atoms in total.